The van der Waals surface area contributed by atoms with E-state index in [1.54, 1.807) is 0 Å². The second-order valence-corrected chi connectivity index (χ2v) is 4.70. The Kier molecular flexibility index (Phi) is 16.4. The lowest BCUT2D eigenvalue weighted by Gasteiger charge is -1.89. The molecule has 0 aliphatic heterocycles. The molecule has 0 aliphatic rings. The summed E-state index contributed by atoms with van der Waals surface area (Å²) in [6, 6.07) is 0. The topological polar surface area (TPSA) is 35.5 Å². The predicted molar refractivity (Wildman–Crippen MR) is 43.3 cm³/mol. The summed E-state index contributed by atoms with van der Waals surface area (Å²) >= 11 is 9.81. The van der Waals surface area contributed by atoms with Gasteiger partial charge in [-0.2, -0.15) is 22.2 Å². The molecule has 0 unspecified atom stereocenters. The van der Waals surface area contributed by atoms with Gasteiger partial charge in [0.15, 0.2) is 0 Å². The van der Waals surface area contributed by atoms with Crippen LogP contribution in [-0.4, -0.2) is 22.4 Å². The lowest BCUT2D eigenvalue weighted by Crippen LogP contribution is -1.66. The molecular weight excluding hydrogens is 202 g/mol. The Labute approximate surface area is 66.8 Å². The summed E-state index contributed by atoms with van der Waals surface area (Å²) < 4.78 is 18.4. The Hall–Kier alpha value is 0.947. The number of hydrogen-bond donors (Lipinski definition) is 0. The minimum absolute atomic E-state index is 0.639. The van der Waals surface area contributed by atoms with Gasteiger partial charge in [0.05, 0.1) is 0 Å². The molecule has 58 valence electrons. The van der Waals surface area contributed by atoms with Crippen molar-refractivity contribution in [3.63, 3.8) is 0 Å². The fourth-order valence-electron chi connectivity index (χ4n) is 0.0833. The molecule has 0 aromatic heterocycles. The highest BCUT2D eigenvalue weighted by molar-refractivity contribution is 7.33. The van der Waals surface area contributed by atoms with Crippen LogP contribution in [0.25, 0.3) is 0 Å². The Bertz CT molecular complexity index is 66.8. The van der Waals surface area contributed by atoms with E-state index < -0.39 is 16.4 Å². The molecular formula is C2H9Cl2O3PSi. The van der Waals surface area contributed by atoms with Crippen molar-refractivity contribution < 1.29 is 13.6 Å². The molecule has 0 saturated carbocycles. The van der Waals surface area contributed by atoms with Crippen molar-refractivity contribution in [1.82, 2.24) is 0 Å². The zero-order chi connectivity index (χ0) is 7.70. The minimum Gasteiger partial charge on any atom is -0.314 e. The van der Waals surface area contributed by atoms with E-state index in [0.29, 0.717) is 0 Å². The van der Waals surface area contributed by atoms with Crippen LogP contribution < -0.4 is 0 Å². The second kappa shape index (κ2) is 11.7. The molecule has 0 rings (SSSR count). The van der Waals surface area contributed by atoms with E-state index in [0.717, 1.165) is 0 Å². The molecule has 0 aromatic rings. The predicted octanol–water partition coefficient (Wildman–Crippen LogP) is 1.13. The van der Waals surface area contributed by atoms with Gasteiger partial charge in [-0.1, -0.05) is 0 Å². The third kappa shape index (κ3) is 17.6. The SMILES string of the molecule is CO[PH](=O)OC.Cl[SiH2]Cl. The standard InChI is InChI=1S/C2H7O3P.Cl2H2Si/c1-4-6(3)5-2;1-3-2/h6H,1-2H3;3H2. The van der Waals surface area contributed by atoms with Crippen molar-refractivity contribution in [3.05, 3.63) is 0 Å². The highest BCUT2D eigenvalue weighted by Gasteiger charge is 1.83. The van der Waals surface area contributed by atoms with Gasteiger partial charge < -0.3 is 9.05 Å². The van der Waals surface area contributed by atoms with Crippen LogP contribution in [0, 0.1) is 0 Å². The number of halogens is 2. The van der Waals surface area contributed by atoms with Crippen LogP contribution in [0.5, 0.6) is 0 Å². The quantitative estimate of drug-likeness (QED) is 0.390. The normalized spacial score (nSPS) is 8.56. The third-order valence-electron chi connectivity index (χ3n) is 0.333. The first-order valence-electron chi connectivity index (χ1n) is 1.96. The first-order chi connectivity index (χ1) is 4.22. The van der Waals surface area contributed by atoms with Gasteiger partial charge in [0.1, 0.15) is 0 Å². The lowest BCUT2D eigenvalue weighted by atomic mass is 11.8. The molecule has 0 amide bonds. The summed E-state index contributed by atoms with van der Waals surface area (Å²) in [6.07, 6.45) is 0. The Morgan fingerprint density at radius 1 is 1.33 bits per heavy atom. The lowest BCUT2D eigenvalue weighted by molar-refractivity contribution is 0.302. The zero-order valence-electron chi connectivity index (χ0n) is 5.19. The highest BCUT2D eigenvalue weighted by atomic mass is 35.7. The maximum absolute atomic E-state index is 9.92. The van der Waals surface area contributed by atoms with Gasteiger partial charge in [-0.25, -0.2) is 0 Å². The Balaban J connectivity index is 0. The van der Waals surface area contributed by atoms with Gasteiger partial charge >= 0.3 is 8.25 Å². The summed E-state index contributed by atoms with van der Waals surface area (Å²) in [5.41, 5.74) is 0. The third-order valence-corrected chi connectivity index (χ3v) is 1.00. The van der Waals surface area contributed by atoms with E-state index in [2.05, 4.69) is 9.05 Å². The maximum atomic E-state index is 9.92. The summed E-state index contributed by atoms with van der Waals surface area (Å²) in [7, 11) is -0.0810. The summed E-state index contributed by atoms with van der Waals surface area (Å²) in [5.74, 6) is 0. The van der Waals surface area contributed by atoms with Crippen LogP contribution in [0.2, 0.25) is 0 Å². The molecule has 0 saturated heterocycles. The molecule has 0 aliphatic carbocycles. The average molecular weight is 211 g/mol. The summed E-state index contributed by atoms with van der Waals surface area (Å²) in [5, 5.41) is 0. The van der Waals surface area contributed by atoms with E-state index in [1.807, 2.05) is 0 Å². The Morgan fingerprint density at radius 2 is 1.56 bits per heavy atom. The van der Waals surface area contributed by atoms with Gasteiger partial charge in [0.2, 0.25) is 8.14 Å². The van der Waals surface area contributed by atoms with Crippen LogP contribution in [0.15, 0.2) is 0 Å². The molecule has 0 N–H and O–H groups in total. The van der Waals surface area contributed by atoms with Crippen molar-refractivity contribution in [2.24, 2.45) is 0 Å². The van der Waals surface area contributed by atoms with Crippen LogP contribution in [0.3, 0.4) is 0 Å². The Morgan fingerprint density at radius 3 is 1.56 bits per heavy atom. The average Bonchev–Trinajstić information content (AvgIpc) is 1.88. The number of rotatable bonds is 2. The van der Waals surface area contributed by atoms with Crippen LogP contribution in [0.1, 0.15) is 0 Å². The van der Waals surface area contributed by atoms with E-state index in [-0.39, 0.29) is 0 Å². The molecule has 0 radical (unpaired) electrons. The van der Waals surface area contributed by atoms with Gasteiger partial charge in [-0.05, 0) is 0 Å². The minimum atomic E-state index is -2.12. The van der Waals surface area contributed by atoms with Crippen LogP contribution in [0.4, 0.5) is 0 Å². The zero-order valence-corrected chi connectivity index (χ0v) is 9.11. The highest BCUT2D eigenvalue weighted by Crippen LogP contribution is 2.18. The molecule has 0 spiro atoms. The molecule has 3 nitrogen and oxygen atoms in total. The molecule has 9 heavy (non-hydrogen) atoms. The maximum Gasteiger partial charge on any atom is 0.318 e. The van der Waals surface area contributed by atoms with Crippen molar-refractivity contribution in [1.29, 1.82) is 0 Å². The van der Waals surface area contributed by atoms with Gasteiger partial charge in [0.25, 0.3) is 0 Å². The van der Waals surface area contributed by atoms with Crippen LogP contribution >= 0.6 is 30.4 Å². The van der Waals surface area contributed by atoms with E-state index in [4.69, 9.17) is 22.2 Å². The molecule has 7 heteroatoms. The van der Waals surface area contributed by atoms with Gasteiger partial charge in [-0.15, -0.1) is 0 Å². The fourth-order valence-corrected chi connectivity index (χ4v) is 0.250. The molecule has 0 aromatic carbocycles. The van der Waals surface area contributed by atoms with Gasteiger partial charge in [0, 0.05) is 14.2 Å². The van der Waals surface area contributed by atoms with Crippen molar-refractivity contribution >= 4 is 38.6 Å². The molecule has 0 atom stereocenters. The summed E-state index contributed by atoms with van der Waals surface area (Å²) in [4.78, 5) is 0. The van der Waals surface area contributed by atoms with E-state index >= 15 is 0 Å². The van der Waals surface area contributed by atoms with Crippen molar-refractivity contribution in [3.8, 4) is 0 Å². The number of hydrogen-bond acceptors (Lipinski definition) is 3. The molecule has 0 fully saturated rings. The largest absolute Gasteiger partial charge is 0.318 e. The van der Waals surface area contributed by atoms with E-state index in [1.165, 1.54) is 14.2 Å². The first kappa shape index (κ1) is 12.6. The first-order valence-corrected chi connectivity index (χ1v) is 7.46. The smallest absolute Gasteiger partial charge is 0.314 e. The van der Waals surface area contributed by atoms with E-state index in [9.17, 15) is 4.57 Å². The van der Waals surface area contributed by atoms with Gasteiger partial charge in [-0.3, -0.25) is 4.57 Å². The summed E-state index contributed by atoms with van der Waals surface area (Å²) in [6.45, 7) is 0. The van der Waals surface area contributed by atoms with Crippen molar-refractivity contribution in [2.45, 2.75) is 0 Å². The van der Waals surface area contributed by atoms with Crippen molar-refractivity contribution in [2.75, 3.05) is 14.2 Å². The molecule has 0 bridgehead atoms. The monoisotopic (exact) mass is 210 g/mol. The second-order valence-electron chi connectivity index (χ2n) is 0.759. The molecule has 0 heterocycles. The fraction of sp³-hybridized carbons (Fsp3) is 1.00. The van der Waals surface area contributed by atoms with Crippen LogP contribution in [-0.2, 0) is 13.6 Å².